The van der Waals surface area contributed by atoms with Crippen LogP contribution in [0.2, 0.25) is 0 Å². The largest absolute Gasteiger partial charge is 0.492 e. The Morgan fingerprint density at radius 1 is 1.17 bits per heavy atom. The highest BCUT2D eigenvalue weighted by Gasteiger charge is 2.12. The third-order valence-corrected chi connectivity index (χ3v) is 4.59. The minimum absolute atomic E-state index is 0.204. The molecule has 0 bridgehead atoms. The molecule has 1 aromatic carbocycles. The van der Waals surface area contributed by atoms with Crippen LogP contribution in [-0.4, -0.2) is 62.2 Å². The fourth-order valence-corrected chi connectivity index (χ4v) is 3.01. The first-order chi connectivity index (χ1) is 13.9. The SMILES string of the molecule is Cc1ccccc1OCCSc1ncn(-c2nc(NC(C)C)nc(N(C)C)n2)n1. The van der Waals surface area contributed by atoms with Crippen LogP contribution >= 0.6 is 11.8 Å². The molecule has 3 rings (SSSR count). The van der Waals surface area contributed by atoms with Gasteiger partial charge in [-0.3, -0.25) is 0 Å². The number of ether oxygens (including phenoxy) is 1. The minimum atomic E-state index is 0.204. The molecule has 0 aliphatic carbocycles. The average Bonchev–Trinajstić information content (AvgIpc) is 3.15. The summed E-state index contributed by atoms with van der Waals surface area (Å²) in [4.78, 5) is 19.5. The number of aryl methyl sites for hydroxylation is 1. The average molecular weight is 415 g/mol. The molecule has 29 heavy (non-hydrogen) atoms. The van der Waals surface area contributed by atoms with Crippen molar-refractivity contribution in [2.75, 3.05) is 36.7 Å². The molecule has 154 valence electrons. The number of benzene rings is 1. The second kappa shape index (κ2) is 9.55. The number of para-hydroxylation sites is 1. The van der Waals surface area contributed by atoms with Crippen molar-refractivity contribution in [3.05, 3.63) is 36.2 Å². The summed E-state index contributed by atoms with van der Waals surface area (Å²) in [6, 6.07) is 8.18. The molecule has 0 saturated carbocycles. The molecule has 0 saturated heterocycles. The van der Waals surface area contributed by atoms with E-state index in [1.165, 1.54) is 11.8 Å². The van der Waals surface area contributed by atoms with Crippen molar-refractivity contribution in [3.8, 4) is 11.7 Å². The third kappa shape index (κ3) is 5.80. The van der Waals surface area contributed by atoms with Gasteiger partial charge < -0.3 is 15.0 Å². The Morgan fingerprint density at radius 2 is 1.97 bits per heavy atom. The number of hydrogen-bond donors (Lipinski definition) is 1. The van der Waals surface area contributed by atoms with Gasteiger partial charge in [0.05, 0.1) is 6.61 Å². The number of aromatic nitrogens is 6. The van der Waals surface area contributed by atoms with E-state index in [1.807, 2.05) is 64.0 Å². The molecule has 0 unspecified atom stereocenters. The predicted molar refractivity (Wildman–Crippen MR) is 115 cm³/mol. The van der Waals surface area contributed by atoms with Crippen LogP contribution in [0.25, 0.3) is 5.95 Å². The van der Waals surface area contributed by atoms with Crippen LogP contribution in [0.15, 0.2) is 35.7 Å². The lowest BCUT2D eigenvalue weighted by atomic mass is 10.2. The van der Waals surface area contributed by atoms with Crippen molar-refractivity contribution >= 4 is 23.7 Å². The lowest BCUT2D eigenvalue weighted by Gasteiger charge is -2.14. The maximum Gasteiger partial charge on any atom is 0.258 e. The van der Waals surface area contributed by atoms with Crippen LogP contribution in [0.3, 0.4) is 0 Å². The quantitative estimate of drug-likeness (QED) is 0.419. The highest BCUT2D eigenvalue weighted by Crippen LogP contribution is 2.18. The van der Waals surface area contributed by atoms with Crippen molar-refractivity contribution in [1.29, 1.82) is 0 Å². The number of nitrogens with one attached hydrogen (secondary N) is 1. The Balaban J connectivity index is 1.64. The molecule has 0 amide bonds. The van der Waals surface area contributed by atoms with Gasteiger partial charge in [0.2, 0.25) is 17.1 Å². The highest BCUT2D eigenvalue weighted by molar-refractivity contribution is 7.99. The first kappa shape index (κ1) is 20.8. The summed E-state index contributed by atoms with van der Waals surface area (Å²) in [5.41, 5.74) is 1.12. The highest BCUT2D eigenvalue weighted by atomic mass is 32.2. The van der Waals surface area contributed by atoms with Gasteiger partial charge in [0, 0.05) is 25.9 Å². The normalized spacial score (nSPS) is 11.0. The van der Waals surface area contributed by atoms with E-state index in [1.54, 1.807) is 11.0 Å². The topological polar surface area (TPSA) is 93.9 Å². The smallest absolute Gasteiger partial charge is 0.258 e. The van der Waals surface area contributed by atoms with E-state index >= 15 is 0 Å². The second-order valence-corrected chi connectivity index (χ2v) is 7.95. The van der Waals surface area contributed by atoms with Crippen LogP contribution in [0, 0.1) is 6.92 Å². The summed E-state index contributed by atoms with van der Waals surface area (Å²) in [5, 5.41) is 8.33. The van der Waals surface area contributed by atoms with E-state index in [4.69, 9.17) is 4.74 Å². The number of rotatable bonds is 9. The molecule has 0 aliphatic heterocycles. The molecule has 0 aliphatic rings. The van der Waals surface area contributed by atoms with Gasteiger partial charge in [-0.15, -0.1) is 5.10 Å². The van der Waals surface area contributed by atoms with Gasteiger partial charge >= 0.3 is 0 Å². The van der Waals surface area contributed by atoms with Gasteiger partial charge in [-0.2, -0.15) is 19.6 Å². The molecule has 2 aromatic heterocycles. The third-order valence-electron chi connectivity index (χ3n) is 3.77. The molecule has 0 spiro atoms. The molecule has 3 aromatic rings. The van der Waals surface area contributed by atoms with Crippen LogP contribution < -0.4 is 15.0 Å². The van der Waals surface area contributed by atoms with Gasteiger partial charge in [-0.1, -0.05) is 30.0 Å². The van der Waals surface area contributed by atoms with E-state index in [-0.39, 0.29) is 6.04 Å². The first-order valence-corrected chi connectivity index (χ1v) is 10.3. The number of anilines is 2. The van der Waals surface area contributed by atoms with Crippen LogP contribution in [-0.2, 0) is 0 Å². The van der Waals surface area contributed by atoms with Crippen LogP contribution in [0.5, 0.6) is 5.75 Å². The Bertz CT molecular complexity index is 943. The predicted octanol–water partition coefficient (Wildman–Crippen LogP) is 2.82. The lowest BCUT2D eigenvalue weighted by molar-refractivity contribution is 0.341. The molecule has 10 heteroatoms. The number of thioether (sulfide) groups is 1. The molecule has 1 N–H and O–H groups in total. The van der Waals surface area contributed by atoms with Crippen LogP contribution in [0.4, 0.5) is 11.9 Å². The number of nitrogens with zero attached hydrogens (tertiary/aromatic N) is 7. The molecule has 0 atom stereocenters. The fourth-order valence-electron chi connectivity index (χ4n) is 2.39. The zero-order valence-corrected chi connectivity index (χ0v) is 18.1. The van der Waals surface area contributed by atoms with Crippen molar-refractivity contribution in [2.24, 2.45) is 0 Å². The van der Waals surface area contributed by atoms with E-state index in [2.05, 4.69) is 30.4 Å². The van der Waals surface area contributed by atoms with Gasteiger partial charge in [-0.05, 0) is 32.4 Å². The van der Waals surface area contributed by atoms with Crippen molar-refractivity contribution in [1.82, 2.24) is 29.7 Å². The van der Waals surface area contributed by atoms with E-state index in [9.17, 15) is 0 Å². The summed E-state index contributed by atoms with van der Waals surface area (Å²) in [5.74, 6) is 3.11. The maximum absolute atomic E-state index is 5.81. The molecule has 0 radical (unpaired) electrons. The Kier molecular flexibility index (Phi) is 6.86. The number of hydrogen-bond acceptors (Lipinski definition) is 9. The molecule has 2 heterocycles. The molecule has 9 nitrogen and oxygen atoms in total. The van der Waals surface area contributed by atoms with E-state index in [0.717, 1.165) is 17.1 Å². The van der Waals surface area contributed by atoms with Crippen molar-refractivity contribution in [3.63, 3.8) is 0 Å². The monoisotopic (exact) mass is 414 g/mol. The minimum Gasteiger partial charge on any atom is -0.492 e. The Hall–Kier alpha value is -2.88. The summed E-state index contributed by atoms with van der Waals surface area (Å²) >= 11 is 1.52. The van der Waals surface area contributed by atoms with Gasteiger partial charge in [0.1, 0.15) is 12.1 Å². The summed E-state index contributed by atoms with van der Waals surface area (Å²) in [7, 11) is 3.77. The Morgan fingerprint density at radius 3 is 2.69 bits per heavy atom. The molecular weight excluding hydrogens is 388 g/mol. The van der Waals surface area contributed by atoms with Crippen molar-refractivity contribution < 1.29 is 4.74 Å². The van der Waals surface area contributed by atoms with E-state index < -0.39 is 0 Å². The van der Waals surface area contributed by atoms with Crippen molar-refractivity contribution in [2.45, 2.75) is 32.0 Å². The van der Waals surface area contributed by atoms with Gasteiger partial charge in [0.15, 0.2) is 0 Å². The zero-order chi connectivity index (χ0) is 20.8. The fraction of sp³-hybridized carbons (Fsp3) is 0.421. The lowest BCUT2D eigenvalue weighted by Crippen LogP contribution is -2.19. The summed E-state index contributed by atoms with van der Waals surface area (Å²) < 4.78 is 7.37. The van der Waals surface area contributed by atoms with Gasteiger partial charge in [0.25, 0.3) is 5.95 Å². The maximum atomic E-state index is 5.81. The van der Waals surface area contributed by atoms with Crippen LogP contribution in [0.1, 0.15) is 19.4 Å². The first-order valence-electron chi connectivity index (χ1n) is 9.35. The van der Waals surface area contributed by atoms with E-state index in [0.29, 0.717) is 29.6 Å². The zero-order valence-electron chi connectivity index (χ0n) is 17.3. The standard InChI is InChI=1S/C19H26N8OS/c1-13(2)21-16-22-17(26(4)5)24-18(23-16)27-12-20-19(25-27)29-11-10-28-15-9-7-6-8-14(15)3/h6-9,12-13H,10-11H2,1-5H3,(H,21,22,23,24). The molecule has 0 fully saturated rings. The second-order valence-electron chi connectivity index (χ2n) is 6.89. The summed E-state index contributed by atoms with van der Waals surface area (Å²) in [6.45, 7) is 6.66. The Labute approximate surface area is 174 Å². The molecular formula is C19H26N8OS. The summed E-state index contributed by atoms with van der Waals surface area (Å²) in [6.07, 6.45) is 1.61. The van der Waals surface area contributed by atoms with Gasteiger partial charge in [-0.25, -0.2) is 4.98 Å².